The van der Waals surface area contributed by atoms with E-state index in [-0.39, 0.29) is 38.6 Å². The van der Waals surface area contributed by atoms with Crippen molar-refractivity contribution in [1.29, 1.82) is 0 Å². The van der Waals surface area contributed by atoms with E-state index in [9.17, 15) is 24.0 Å². The van der Waals surface area contributed by atoms with Gasteiger partial charge in [-0.05, 0) is 154 Å². The van der Waals surface area contributed by atoms with Crippen molar-refractivity contribution < 1.29 is 95.6 Å². The smallest absolute Gasteiger partial charge is 0.331 e. The molecule has 26 heteroatoms. The minimum Gasteiger partial charge on any atom is -0.497 e. The number of hydrogen-bond acceptors (Lipinski definition) is 20. The monoisotopic (exact) mass is 1380 g/mol. The second kappa shape index (κ2) is 43.6. The number of benzene rings is 5. The first-order valence-electron chi connectivity index (χ1n) is 27.8. The lowest BCUT2D eigenvalue weighted by atomic mass is 10.1. The Hall–Kier alpha value is -8.23. The van der Waals surface area contributed by atoms with Gasteiger partial charge in [0.1, 0.15) is 65.4 Å². The van der Waals surface area contributed by atoms with Gasteiger partial charge in [-0.1, -0.05) is 78.9 Å². The Morgan fingerprint density at radius 1 is 0.430 bits per heavy atom. The molecule has 4 fully saturated rings. The molecule has 4 aliphatic rings. The van der Waals surface area contributed by atoms with Crippen molar-refractivity contribution in [3.63, 3.8) is 0 Å². The molecule has 6 aromatic rings. The molecular weight excluding hydrogens is 1310 g/mol. The summed E-state index contributed by atoms with van der Waals surface area (Å²) in [4.78, 5) is 59.3. The molecule has 5 heterocycles. The van der Waals surface area contributed by atoms with Crippen LogP contribution in [0.15, 0.2) is 182 Å². The van der Waals surface area contributed by atoms with Crippen LogP contribution >= 0.6 is 44.6 Å². The van der Waals surface area contributed by atoms with Crippen LogP contribution in [0, 0.1) is 0 Å². The summed E-state index contributed by atoms with van der Waals surface area (Å²) in [5, 5.41) is 25.7. The predicted octanol–water partition coefficient (Wildman–Crippen LogP) is 10.4. The van der Waals surface area contributed by atoms with Gasteiger partial charge < -0.3 is 67.4 Å². The van der Waals surface area contributed by atoms with Crippen molar-refractivity contribution in [2.45, 2.75) is 48.8 Å². The summed E-state index contributed by atoms with van der Waals surface area (Å²) in [5.74, 6) is 1.84. The lowest BCUT2D eigenvalue weighted by molar-refractivity contribution is -0.149. The first-order chi connectivity index (χ1) is 44.7. The summed E-state index contributed by atoms with van der Waals surface area (Å²) < 4.78 is 66.8. The number of esters is 2. The fraction of sp³-hybridized carbons (Fsp3) is 0.254. The Labute approximate surface area is 559 Å². The zero-order chi connectivity index (χ0) is 67.9. The van der Waals surface area contributed by atoms with Gasteiger partial charge in [-0.2, -0.15) is 0 Å². The van der Waals surface area contributed by atoms with Gasteiger partial charge >= 0.3 is 17.9 Å². The summed E-state index contributed by atoms with van der Waals surface area (Å²) in [6, 6.07) is 42.0. The second-order valence-electron chi connectivity index (χ2n) is 19.0. The zero-order valence-corrected chi connectivity index (χ0v) is 54.6. The van der Waals surface area contributed by atoms with Crippen LogP contribution in [-0.4, -0.2) is 164 Å². The van der Waals surface area contributed by atoms with Crippen molar-refractivity contribution >= 4 is 113 Å². The first kappa shape index (κ1) is 77.2. The summed E-state index contributed by atoms with van der Waals surface area (Å²) in [7, 11) is 15.3. The van der Waals surface area contributed by atoms with Gasteiger partial charge in [0.25, 0.3) is 0 Å². The van der Waals surface area contributed by atoms with Crippen molar-refractivity contribution in [1.82, 2.24) is 4.98 Å². The number of carbonyl (C=O) groups excluding carboxylic acids is 4. The van der Waals surface area contributed by atoms with Crippen molar-refractivity contribution in [2.75, 3.05) is 62.0 Å². The lowest BCUT2D eigenvalue weighted by Gasteiger charge is -2.16. The number of halogens is 4. The van der Waals surface area contributed by atoms with Gasteiger partial charge in [0.15, 0.2) is 12.2 Å². The number of fused-ring (bicyclic) bond motifs is 2. The molecule has 8 atom stereocenters. The van der Waals surface area contributed by atoms with Crippen LogP contribution in [0.25, 0.3) is 30.4 Å². The fourth-order valence-electron chi connectivity index (χ4n) is 8.17. The van der Waals surface area contributed by atoms with E-state index in [1.165, 1.54) is 30.4 Å². The standard InChI is InChI=1S/C26H26O8.2C10H9ClO2.C10H10O3.C6H10O4.C5H5N.Cl2OS/c1-29-19-9-3-17(4-10-19)7-13-23(27)33-21-15-31-26-22(16-32-25(21)26)34-24(28)14-8-18-5-11-20(30-2)12-6-18;3*1-13-9-5-2-8(3-6-9)4-7-10(11)12;7-3-1-9-6-4(8)2-10-5(3)6;1-2-4-6-5-3-1;1-4(2)3/h3-14,21-22,25-26H,15-16H2,1-2H3;2*2-7H,1H3;2-7H,1H3,(H,11,12);3-8H,1-2H2;1-5H;/b13-7+,14-8+;3*7-4+;;;/t21-,22+,25?,26?;;;;3-,4+,5?,6?;;. The van der Waals surface area contributed by atoms with Gasteiger partial charge in [0.2, 0.25) is 19.7 Å². The van der Waals surface area contributed by atoms with Crippen LogP contribution < -0.4 is 23.7 Å². The molecule has 0 bridgehead atoms. The third kappa shape index (κ3) is 30.8. The van der Waals surface area contributed by atoms with Gasteiger partial charge in [0.05, 0.1) is 62.0 Å². The van der Waals surface area contributed by atoms with E-state index in [1.54, 1.807) is 121 Å². The summed E-state index contributed by atoms with van der Waals surface area (Å²) in [6.07, 6.45) is 14.2. The molecule has 0 amide bonds. The third-order valence-electron chi connectivity index (χ3n) is 12.7. The van der Waals surface area contributed by atoms with Crippen molar-refractivity contribution in [2.24, 2.45) is 0 Å². The molecular formula is C67H69Cl4NO20S. The second-order valence-corrected chi connectivity index (χ2v) is 22.2. The number of carboxylic acids is 1. The van der Waals surface area contributed by atoms with E-state index in [0.717, 1.165) is 62.6 Å². The summed E-state index contributed by atoms with van der Waals surface area (Å²) in [6.45, 7) is 0.916. The minimum atomic E-state index is -1.67. The Bertz CT molecular complexity index is 3080. The highest BCUT2D eigenvalue weighted by molar-refractivity contribution is 8.26. The third-order valence-corrected chi connectivity index (χ3v) is 13.0. The minimum absolute atomic E-state index is 0.174. The number of allylic oxidation sites excluding steroid dienone is 2. The van der Waals surface area contributed by atoms with Gasteiger partial charge in [-0.15, -0.1) is 0 Å². The molecule has 5 aromatic carbocycles. The number of ether oxygens (including phenoxy) is 11. The van der Waals surface area contributed by atoms with E-state index in [4.69, 9.17) is 94.8 Å². The van der Waals surface area contributed by atoms with Gasteiger partial charge in [-0.3, -0.25) is 14.6 Å². The predicted molar refractivity (Wildman–Crippen MR) is 354 cm³/mol. The number of nitrogens with zero attached hydrogens (tertiary/aromatic N) is 1. The van der Waals surface area contributed by atoms with Gasteiger partial charge in [0, 0.05) is 52.0 Å². The quantitative estimate of drug-likeness (QED) is 0.0435. The maximum Gasteiger partial charge on any atom is 0.331 e. The lowest BCUT2D eigenvalue weighted by Crippen LogP contribution is -2.35. The zero-order valence-electron chi connectivity index (χ0n) is 50.8. The largest absolute Gasteiger partial charge is 0.497 e. The number of aliphatic carboxylic acids is 1. The number of carbonyl (C=O) groups is 5. The maximum atomic E-state index is 12.3. The Kier molecular flexibility index (Phi) is 36.2. The number of hydrogen-bond donors (Lipinski definition) is 3. The normalized spacial score (nSPS) is 19.6. The van der Waals surface area contributed by atoms with E-state index in [0.29, 0.717) is 0 Å². The molecule has 496 valence electrons. The highest BCUT2D eigenvalue weighted by Gasteiger charge is 2.51. The number of rotatable bonds is 17. The molecule has 1 aromatic heterocycles. The number of methoxy groups -OCH3 is 5. The summed E-state index contributed by atoms with van der Waals surface area (Å²) in [5.41, 5.74) is 4.34. The number of aliphatic hydroxyl groups is 2. The molecule has 21 nitrogen and oxygen atoms in total. The Morgan fingerprint density at radius 2 is 0.688 bits per heavy atom. The van der Waals surface area contributed by atoms with Crippen LogP contribution in [0.1, 0.15) is 27.8 Å². The number of carboxylic acid groups (broad SMARTS) is 1. The molecule has 3 N–H and O–H groups in total. The topological polar surface area (TPSA) is 278 Å². The Morgan fingerprint density at radius 3 is 0.914 bits per heavy atom. The SMILES string of the molecule is COc1ccc(/C=C/C(=O)Cl)cc1.COc1ccc(/C=C/C(=O)Cl)cc1.COc1ccc(/C=C/C(=O)O)cc1.COc1ccc(/C=C/C(=O)O[C@H]2COC3C2OC[C@H]3OC(=O)/C=C/c2ccc(OC)cc2)cc1.O=S(Cl)Cl.O[C@@H]1COC2C1OC[C@@H]2O.c1ccncc1. The van der Waals surface area contributed by atoms with Crippen LogP contribution in [0.5, 0.6) is 28.7 Å². The first-order valence-corrected chi connectivity index (χ1v) is 31.4. The van der Waals surface area contributed by atoms with Gasteiger partial charge in [-0.25, -0.2) is 18.6 Å². The Balaban J connectivity index is 0.000000259. The van der Waals surface area contributed by atoms with E-state index in [1.807, 2.05) is 91.0 Å². The summed E-state index contributed by atoms with van der Waals surface area (Å²) >= 11 is 10.3. The highest BCUT2D eigenvalue weighted by Crippen LogP contribution is 2.31. The van der Waals surface area contributed by atoms with E-state index >= 15 is 0 Å². The van der Waals surface area contributed by atoms with Crippen LogP contribution in [0.3, 0.4) is 0 Å². The molecule has 0 radical (unpaired) electrons. The van der Waals surface area contributed by atoms with Crippen LogP contribution in [0.4, 0.5) is 0 Å². The molecule has 0 aliphatic carbocycles. The average Bonchev–Trinajstić information content (AvgIpc) is 1.67. The van der Waals surface area contributed by atoms with Crippen LogP contribution in [0.2, 0.25) is 0 Å². The van der Waals surface area contributed by atoms with E-state index < -0.39 is 74.2 Å². The molecule has 0 spiro atoms. The molecule has 4 saturated heterocycles. The molecule has 4 aliphatic heterocycles. The number of pyridine rings is 1. The van der Waals surface area contributed by atoms with Crippen molar-refractivity contribution in [3.05, 3.63) is 210 Å². The molecule has 93 heavy (non-hydrogen) atoms. The maximum absolute atomic E-state index is 12.3. The van der Waals surface area contributed by atoms with Crippen molar-refractivity contribution in [3.8, 4) is 28.7 Å². The average molecular weight is 1380 g/mol. The molecule has 4 unspecified atom stereocenters. The molecule has 10 rings (SSSR count). The fourth-order valence-corrected chi connectivity index (χ4v) is 8.30. The van der Waals surface area contributed by atoms with Crippen LogP contribution in [-0.2, 0) is 61.6 Å². The number of aromatic nitrogens is 1. The number of aliphatic hydroxyl groups excluding tert-OH is 2. The highest BCUT2D eigenvalue weighted by atomic mass is 36.0. The molecule has 0 saturated carbocycles. The van der Waals surface area contributed by atoms with E-state index in [2.05, 4.69) is 26.3 Å².